The number of amides is 2. The molecule has 1 fully saturated rings. The predicted octanol–water partition coefficient (Wildman–Crippen LogP) is 3.26. The van der Waals surface area contributed by atoms with Gasteiger partial charge in [-0.1, -0.05) is 30.3 Å². The van der Waals surface area contributed by atoms with Crippen molar-refractivity contribution in [1.82, 2.24) is 9.80 Å². The Morgan fingerprint density at radius 1 is 1.25 bits per heavy atom. The molecule has 0 aliphatic carbocycles. The molecular formula is C19H22N2O2S. The first kappa shape index (κ1) is 16.7. The van der Waals surface area contributed by atoms with Crippen LogP contribution in [-0.2, 0) is 11.3 Å². The third kappa shape index (κ3) is 4.03. The molecule has 0 N–H and O–H groups in total. The van der Waals surface area contributed by atoms with Crippen LogP contribution >= 0.6 is 11.3 Å². The van der Waals surface area contributed by atoms with Gasteiger partial charge < -0.3 is 9.80 Å². The summed E-state index contributed by atoms with van der Waals surface area (Å²) in [7, 11) is 1.85. The number of hydrogen-bond donors (Lipinski definition) is 0. The van der Waals surface area contributed by atoms with E-state index in [1.165, 1.54) is 11.3 Å². The highest BCUT2D eigenvalue weighted by molar-refractivity contribution is 7.08. The van der Waals surface area contributed by atoms with Crippen LogP contribution in [0.1, 0.15) is 28.8 Å². The quantitative estimate of drug-likeness (QED) is 0.837. The Balaban J connectivity index is 1.50. The fourth-order valence-corrected chi connectivity index (χ4v) is 3.73. The topological polar surface area (TPSA) is 40.6 Å². The van der Waals surface area contributed by atoms with E-state index in [4.69, 9.17) is 0 Å². The van der Waals surface area contributed by atoms with Gasteiger partial charge in [-0.3, -0.25) is 9.59 Å². The van der Waals surface area contributed by atoms with Crippen molar-refractivity contribution in [3.63, 3.8) is 0 Å². The third-order valence-electron chi connectivity index (χ3n) is 4.49. The Hall–Kier alpha value is -2.14. The zero-order valence-electron chi connectivity index (χ0n) is 13.9. The van der Waals surface area contributed by atoms with Crippen molar-refractivity contribution < 1.29 is 9.59 Å². The molecule has 4 nitrogen and oxygen atoms in total. The lowest BCUT2D eigenvalue weighted by molar-refractivity contribution is -0.131. The van der Waals surface area contributed by atoms with E-state index in [1.807, 2.05) is 59.1 Å². The summed E-state index contributed by atoms with van der Waals surface area (Å²) < 4.78 is 0. The van der Waals surface area contributed by atoms with Gasteiger partial charge in [0.15, 0.2) is 0 Å². The molecule has 1 unspecified atom stereocenters. The number of thiophene rings is 1. The van der Waals surface area contributed by atoms with Crippen LogP contribution < -0.4 is 0 Å². The van der Waals surface area contributed by atoms with Crippen molar-refractivity contribution >= 4 is 23.2 Å². The second kappa shape index (κ2) is 7.62. The maximum Gasteiger partial charge on any atom is 0.254 e. The zero-order valence-corrected chi connectivity index (χ0v) is 14.7. The van der Waals surface area contributed by atoms with Gasteiger partial charge in [0.05, 0.1) is 5.56 Å². The summed E-state index contributed by atoms with van der Waals surface area (Å²) in [6.45, 7) is 2.05. The first-order valence-electron chi connectivity index (χ1n) is 8.23. The normalized spacial score (nSPS) is 17.0. The lowest BCUT2D eigenvalue weighted by Gasteiger charge is -2.20. The molecule has 1 atom stereocenters. The van der Waals surface area contributed by atoms with Gasteiger partial charge >= 0.3 is 0 Å². The molecule has 1 aliphatic heterocycles. The van der Waals surface area contributed by atoms with Crippen molar-refractivity contribution in [3.05, 3.63) is 58.3 Å². The maximum absolute atomic E-state index is 12.4. The molecule has 2 heterocycles. The largest absolute Gasteiger partial charge is 0.341 e. The first-order valence-corrected chi connectivity index (χ1v) is 9.17. The number of carbonyl (C=O) groups excluding carboxylic acids is 2. The lowest BCUT2D eigenvalue weighted by atomic mass is 10.0. The van der Waals surface area contributed by atoms with Crippen LogP contribution in [0.25, 0.3) is 0 Å². The van der Waals surface area contributed by atoms with E-state index in [0.717, 1.165) is 24.1 Å². The molecule has 1 aromatic carbocycles. The number of likely N-dealkylation sites (tertiary alicyclic amines) is 1. The summed E-state index contributed by atoms with van der Waals surface area (Å²) >= 11 is 1.53. The molecule has 5 heteroatoms. The Morgan fingerprint density at radius 2 is 2.04 bits per heavy atom. The van der Waals surface area contributed by atoms with E-state index in [2.05, 4.69) is 0 Å². The second-order valence-corrected chi connectivity index (χ2v) is 7.14. The number of hydrogen-bond acceptors (Lipinski definition) is 3. The Labute approximate surface area is 146 Å². The smallest absolute Gasteiger partial charge is 0.254 e. The van der Waals surface area contributed by atoms with Gasteiger partial charge in [0.25, 0.3) is 5.91 Å². The summed E-state index contributed by atoms with van der Waals surface area (Å²) in [5, 5.41) is 3.80. The van der Waals surface area contributed by atoms with Crippen LogP contribution in [-0.4, -0.2) is 41.8 Å². The minimum atomic E-state index is 0.0869. The Bertz CT molecular complexity index is 685. The third-order valence-corrected chi connectivity index (χ3v) is 5.18. The SMILES string of the molecule is CN(Cc1ccccc1)C(=O)CC1CCN(C(=O)c2ccsc2)C1. The average molecular weight is 342 g/mol. The van der Waals surface area contributed by atoms with E-state index in [0.29, 0.717) is 19.5 Å². The van der Waals surface area contributed by atoms with Gasteiger partial charge in [0.2, 0.25) is 5.91 Å². The Morgan fingerprint density at radius 3 is 2.75 bits per heavy atom. The molecule has 0 spiro atoms. The maximum atomic E-state index is 12.4. The van der Waals surface area contributed by atoms with Crippen LogP contribution in [0, 0.1) is 5.92 Å². The van der Waals surface area contributed by atoms with E-state index < -0.39 is 0 Å². The molecule has 1 aliphatic rings. The average Bonchev–Trinajstić information content (AvgIpc) is 3.27. The van der Waals surface area contributed by atoms with Crippen molar-refractivity contribution in [2.75, 3.05) is 20.1 Å². The van der Waals surface area contributed by atoms with E-state index >= 15 is 0 Å². The fourth-order valence-electron chi connectivity index (χ4n) is 3.10. The highest BCUT2D eigenvalue weighted by atomic mass is 32.1. The molecule has 1 saturated heterocycles. The van der Waals surface area contributed by atoms with E-state index in [9.17, 15) is 9.59 Å². The lowest BCUT2D eigenvalue weighted by Crippen LogP contribution is -2.31. The van der Waals surface area contributed by atoms with Crippen molar-refractivity contribution in [1.29, 1.82) is 0 Å². The molecular weight excluding hydrogens is 320 g/mol. The molecule has 3 rings (SSSR count). The molecule has 0 bridgehead atoms. The molecule has 0 saturated carbocycles. The van der Waals surface area contributed by atoms with Crippen molar-refractivity contribution in [2.45, 2.75) is 19.4 Å². The minimum Gasteiger partial charge on any atom is -0.341 e. The molecule has 2 aromatic rings. The summed E-state index contributed by atoms with van der Waals surface area (Å²) in [6.07, 6.45) is 1.41. The number of nitrogens with zero attached hydrogens (tertiary/aromatic N) is 2. The highest BCUT2D eigenvalue weighted by Gasteiger charge is 2.29. The Kier molecular flexibility index (Phi) is 5.30. The summed E-state index contributed by atoms with van der Waals surface area (Å²) in [5.41, 5.74) is 1.89. The van der Waals surface area contributed by atoms with Crippen LogP contribution in [0.4, 0.5) is 0 Å². The van der Waals surface area contributed by atoms with Crippen molar-refractivity contribution in [2.24, 2.45) is 5.92 Å². The van der Waals surface area contributed by atoms with Gasteiger partial charge in [0.1, 0.15) is 0 Å². The van der Waals surface area contributed by atoms with Gasteiger partial charge in [-0.05, 0) is 29.3 Å². The monoisotopic (exact) mass is 342 g/mol. The predicted molar refractivity (Wildman–Crippen MR) is 95.9 cm³/mol. The van der Waals surface area contributed by atoms with Crippen LogP contribution in [0.2, 0.25) is 0 Å². The van der Waals surface area contributed by atoms with Crippen LogP contribution in [0.15, 0.2) is 47.2 Å². The second-order valence-electron chi connectivity index (χ2n) is 6.36. The zero-order chi connectivity index (χ0) is 16.9. The number of rotatable bonds is 5. The minimum absolute atomic E-state index is 0.0869. The molecule has 2 amide bonds. The van der Waals surface area contributed by atoms with Crippen LogP contribution in [0.5, 0.6) is 0 Å². The number of benzene rings is 1. The highest BCUT2D eigenvalue weighted by Crippen LogP contribution is 2.23. The standard InChI is InChI=1S/C19H22N2O2S/c1-20(12-15-5-3-2-4-6-15)18(22)11-16-7-9-21(13-16)19(23)17-8-10-24-14-17/h2-6,8,10,14,16H,7,9,11-13H2,1H3. The first-order chi connectivity index (χ1) is 11.6. The summed E-state index contributed by atoms with van der Waals surface area (Å²) in [5.74, 6) is 0.496. The van der Waals surface area contributed by atoms with Crippen molar-refractivity contribution in [3.8, 4) is 0 Å². The number of carbonyl (C=O) groups is 2. The fraction of sp³-hybridized carbons (Fsp3) is 0.368. The molecule has 126 valence electrons. The van der Waals surface area contributed by atoms with E-state index in [-0.39, 0.29) is 17.7 Å². The van der Waals surface area contributed by atoms with Gasteiger partial charge in [-0.2, -0.15) is 11.3 Å². The molecule has 1 aromatic heterocycles. The van der Waals surface area contributed by atoms with Crippen LogP contribution in [0.3, 0.4) is 0 Å². The van der Waals surface area contributed by atoms with E-state index in [1.54, 1.807) is 4.90 Å². The van der Waals surface area contributed by atoms with Gasteiger partial charge in [-0.15, -0.1) is 0 Å². The summed E-state index contributed by atoms with van der Waals surface area (Å²) in [6, 6.07) is 11.9. The molecule has 0 radical (unpaired) electrons. The van der Waals surface area contributed by atoms with Gasteiger partial charge in [0, 0.05) is 38.5 Å². The molecule has 24 heavy (non-hydrogen) atoms. The summed E-state index contributed by atoms with van der Waals surface area (Å²) in [4.78, 5) is 28.4. The van der Waals surface area contributed by atoms with Gasteiger partial charge in [-0.25, -0.2) is 0 Å².